The van der Waals surface area contributed by atoms with Crippen molar-refractivity contribution in [3.05, 3.63) is 59.7 Å². The molecule has 5 heteroatoms. The third kappa shape index (κ3) is 5.07. The van der Waals surface area contributed by atoms with Crippen molar-refractivity contribution < 1.29 is 9.53 Å². The predicted molar refractivity (Wildman–Crippen MR) is 97.1 cm³/mol. The van der Waals surface area contributed by atoms with E-state index in [1.54, 1.807) is 6.07 Å². The summed E-state index contributed by atoms with van der Waals surface area (Å²) in [7, 11) is 0. The molecule has 1 amide bonds. The molecule has 0 saturated heterocycles. The van der Waals surface area contributed by atoms with Gasteiger partial charge in [0.1, 0.15) is 5.75 Å². The lowest BCUT2D eigenvalue weighted by Gasteiger charge is -2.11. The summed E-state index contributed by atoms with van der Waals surface area (Å²) in [5, 5.41) is 5.94. The number of carbonyl (C=O) groups is 1. The number of carbonyl (C=O) groups excluding carboxylic acids is 1. The van der Waals surface area contributed by atoms with Crippen LogP contribution in [0.15, 0.2) is 48.5 Å². The highest BCUT2D eigenvalue weighted by Gasteiger charge is 2.10. The molecule has 120 valence electrons. The summed E-state index contributed by atoms with van der Waals surface area (Å²) in [6, 6.07) is 14.8. The van der Waals surface area contributed by atoms with Gasteiger partial charge in [0.2, 0.25) is 0 Å². The quantitative estimate of drug-likeness (QED) is 0.817. The number of nitrogens with one attached hydrogen (secondary N) is 2. The van der Waals surface area contributed by atoms with Crippen LogP contribution in [0.1, 0.15) is 29.3 Å². The van der Waals surface area contributed by atoms with Crippen molar-refractivity contribution in [2.24, 2.45) is 0 Å². The number of ether oxygens (including phenoxy) is 1. The molecule has 0 aliphatic rings. The van der Waals surface area contributed by atoms with Crippen LogP contribution in [-0.2, 0) is 0 Å². The molecule has 2 aromatic rings. The summed E-state index contributed by atoms with van der Waals surface area (Å²) < 4.78 is 5.52. The van der Waals surface area contributed by atoms with E-state index in [2.05, 4.69) is 17.6 Å². The molecule has 0 saturated carbocycles. The summed E-state index contributed by atoms with van der Waals surface area (Å²) in [4.78, 5) is 12.2. The Kier molecular flexibility index (Phi) is 6.11. The van der Waals surface area contributed by atoms with E-state index in [-0.39, 0.29) is 11.0 Å². The Hall–Kier alpha value is -2.40. The van der Waals surface area contributed by atoms with E-state index in [0.717, 1.165) is 23.4 Å². The Morgan fingerprint density at radius 3 is 2.48 bits per heavy atom. The molecule has 2 rings (SSSR count). The summed E-state index contributed by atoms with van der Waals surface area (Å²) >= 11 is 5.18. The maximum absolute atomic E-state index is 12.2. The topological polar surface area (TPSA) is 50.4 Å². The Morgan fingerprint density at radius 2 is 1.83 bits per heavy atom. The van der Waals surface area contributed by atoms with Crippen LogP contribution in [0.3, 0.4) is 0 Å². The van der Waals surface area contributed by atoms with Gasteiger partial charge in [0, 0.05) is 11.3 Å². The van der Waals surface area contributed by atoms with E-state index in [1.807, 2.05) is 49.4 Å². The standard InChI is InChI=1S/C18H20N2O2S/c1-3-12-22-15-10-8-14(9-11-15)19-18(23)20-17(21)16-7-5-4-6-13(16)2/h4-11H,3,12H2,1-2H3,(H2,19,20,21,23). The first kappa shape index (κ1) is 17.0. The number of amides is 1. The molecule has 0 heterocycles. The van der Waals surface area contributed by atoms with Gasteiger partial charge in [-0.2, -0.15) is 0 Å². The maximum atomic E-state index is 12.2. The van der Waals surface area contributed by atoms with Crippen molar-refractivity contribution in [3.63, 3.8) is 0 Å². The molecule has 2 aromatic carbocycles. The lowest BCUT2D eigenvalue weighted by Crippen LogP contribution is -2.34. The highest BCUT2D eigenvalue weighted by atomic mass is 32.1. The number of anilines is 1. The van der Waals surface area contributed by atoms with Gasteiger partial charge in [0.25, 0.3) is 5.91 Å². The molecule has 2 N–H and O–H groups in total. The number of benzene rings is 2. The van der Waals surface area contributed by atoms with Crippen LogP contribution in [0.25, 0.3) is 0 Å². The summed E-state index contributed by atoms with van der Waals surface area (Å²) in [6.45, 7) is 4.64. The third-order valence-electron chi connectivity index (χ3n) is 3.20. The van der Waals surface area contributed by atoms with E-state index in [0.29, 0.717) is 12.2 Å². The third-order valence-corrected chi connectivity index (χ3v) is 3.41. The smallest absolute Gasteiger partial charge is 0.257 e. The molecule has 0 fully saturated rings. The zero-order chi connectivity index (χ0) is 16.7. The molecule has 0 aliphatic heterocycles. The van der Waals surface area contributed by atoms with Crippen LogP contribution < -0.4 is 15.4 Å². The Labute approximate surface area is 141 Å². The molecule has 0 radical (unpaired) electrons. The van der Waals surface area contributed by atoms with Gasteiger partial charge in [-0.3, -0.25) is 10.1 Å². The van der Waals surface area contributed by atoms with Crippen molar-refractivity contribution in [3.8, 4) is 5.75 Å². The van der Waals surface area contributed by atoms with Gasteiger partial charge in [0.15, 0.2) is 5.11 Å². The van der Waals surface area contributed by atoms with E-state index in [4.69, 9.17) is 17.0 Å². The number of aryl methyl sites for hydroxylation is 1. The van der Waals surface area contributed by atoms with Crippen molar-refractivity contribution in [2.75, 3.05) is 11.9 Å². The second-order valence-electron chi connectivity index (χ2n) is 5.10. The van der Waals surface area contributed by atoms with Crippen LogP contribution in [0.2, 0.25) is 0 Å². The fourth-order valence-corrected chi connectivity index (χ4v) is 2.23. The highest BCUT2D eigenvalue weighted by Crippen LogP contribution is 2.16. The highest BCUT2D eigenvalue weighted by molar-refractivity contribution is 7.80. The largest absolute Gasteiger partial charge is 0.494 e. The minimum Gasteiger partial charge on any atom is -0.494 e. The molecule has 23 heavy (non-hydrogen) atoms. The summed E-state index contributed by atoms with van der Waals surface area (Å²) in [6.07, 6.45) is 0.967. The molecule has 4 nitrogen and oxygen atoms in total. The lowest BCUT2D eigenvalue weighted by molar-refractivity contribution is 0.0977. The maximum Gasteiger partial charge on any atom is 0.257 e. The molecule has 0 atom stereocenters. The molecule has 0 aliphatic carbocycles. The molecule has 0 bridgehead atoms. The second kappa shape index (κ2) is 8.29. The molecule has 0 spiro atoms. The van der Waals surface area contributed by atoms with E-state index in [9.17, 15) is 4.79 Å². The van der Waals surface area contributed by atoms with Gasteiger partial charge in [-0.1, -0.05) is 25.1 Å². The first-order valence-corrected chi connectivity index (χ1v) is 7.92. The van der Waals surface area contributed by atoms with Crippen LogP contribution in [-0.4, -0.2) is 17.6 Å². The molecule has 0 aromatic heterocycles. The minimum atomic E-state index is -0.219. The van der Waals surface area contributed by atoms with Crippen molar-refractivity contribution in [1.29, 1.82) is 0 Å². The average Bonchev–Trinajstić information content (AvgIpc) is 2.54. The van der Waals surface area contributed by atoms with E-state index >= 15 is 0 Å². The van der Waals surface area contributed by atoms with Gasteiger partial charge in [-0.25, -0.2) is 0 Å². The monoisotopic (exact) mass is 328 g/mol. The van der Waals surface area contributed by atoms with E-state index < -0.39 is 0 Å². The molecular formula is C18H20N2O2S. The minimum absolute atomic E-state index is 0.219. The fourth-order valence-electron chi connectivity index (χ4n) is 2.01. The van der Waals surface area contributed by atoms with Crippen LogP contribution in [0.4, 0.5) is 5.69 Å². The van der Waals surface area contributed by atoms with Crippen molar-refractivity contribution in [2.45, 2.75) is 20.3 Å². The van der Waals surface area contributed by atoms with Gasteiger partial charge >= 0.3 is 0 Å². The Morgan fingerprint density at radius 1 is 1.13 bits per heavy atom. The van der Waals surface area contributed by atoms with Crippen LogP contribution in [0, 0.1) is 6.92 Å². The van der Waals surface area contributed by atoms with Crippen molar-refractivity contribution in [1.82, 2.24) is 5.32 Å². The number of hydrogen-bond acceptors (Lipinski definition) is 3. The Balaban J connectivity index is 1.92. The molecule has 0 unspecified atom stereocenters. The summed E-state index contributed by atoms with van der Waals surface area (Å²) in [5.74, 6) is 0.593. The predicted octanol–water partition coefficient (Wildman–Crippen LogP) is 3.91. The van der Waals surface area contributed by atoms with Crippen LogP contribution >= 0.6 is 12.2 Å². The van der Waals surface area contributed by atoms with E-state index in [1.165, 1.54) is 0 Å². The van der Waals surface area contributed by atoms with Gasteiger partial charge in [-0.05, 0) is 61.5 Å². The SMILES string of the molecule is CCCOc1ccc(NC(=S)NC(=O)c2ccccc2C)cc1. The second-order valence-corrected chi connectivity index (χ2v) is 5.50. The van der Waals surface area contributed by atoms with Crippen LogP contribution in [0.5, 0.6) is 5.75 Å². The zero-order valence-corrected chi connectivity index (χ0v) is 14.1. The zero-order valence-electron chi connectivity index (χ0n) is 13.3. The van der Waals surface area contributed by atoms with Gasteiger partial charge in [-0.15, -0.1) is 0 Å². The first-order chi connectivity index (χ1) is 11.1. The number of hydrogen-bond donors (Lipinski definition) is 2. The normalized spacial score (nSPS) is 10.0. The first-order valence-electron chi connectivity index (χ1n) is 7.51. The summed E-state index contributed by atoms with van der Waals surface area (Å²) in [5.41, 5.74) is 2.31. The Bertz CT molecular complexity index is 684. The lowest BCUT2D eigenvalue weighted by atomic mass is 10.1. The number of thiocarbonyl (C=S) groups is 1. The fraction of sp³-hybridized carbons (Fsp3) is 0.222. The van der Waals surface area contributed by atoms with Gasteiger partial charge in [0.05, 0.1) is 6.61 Å². The molecular weight excluding hydrogens is 308 g/mol. The average molecular weight is 328 g/mol. The van der Waals surface area contributed by atoms with Gasteiger partial charge < -0.3 is 10.1 Å². The van der Waals surface area contributed by atoms with Crippen molar-refractivity contribution >= 4 is 28.9 Å². The number of rotatable bonds is 5.